The van der Waals surface area contributed by atoms with Crippen LogP contribution in [0, 0.1) is 4.91 Å². The molecule has 0 N–H and O–H groups in total. The van der Waals surface area contributed by atoms with Crippen LogP contribution in [-0.4, -0.2) is 20.1 Å². The van der Waals surface area contributed by atoms with Gasteiger partial charge < -0.3 is 0 Å². The Hall–Kier alpha value is -0.270. The van der Waals surface area contributed by atoms with E-state index in [2.05, 4.69) is 12.0 Å². The van der Waals surface area contributed by atoms with E-state index in [0.29, 0.717) is 12.4 Å². The first-order chi connectivity index (χ1) is 3.43. The first-order valence-electron chi connectivity index (χ1n) is 2.39. The molecule has 0 spiro atoms. The van der Waals surface area contributed by atoms with E-state index in [9.17, 15) is 4.91 Å². The summed E-state index contributed by atoms with van der Waals surface area (Å²) in [5.74, 6) is 0.470. The maximum absolute atomic E-state index is 9.52. The molecule has 1 aliphatic rings. The number of hydrogen-bond donors (Lipinski definition) is 0. The molecule has 0 aliphatic carbocycles. The van der Waals surface area contributed by atoms with Gasteiger partial charge in [0.05, 0.1) is 0 Å². The topological polar surface area (TPSA) is 29.4 Å². The van der Waals surface area contributed by atoms with Crippen LogP contribution in [0.2, 0.25) is 12.1 Å². The Morgan fingerprint density at radius 3 is 2.71 bits per heavy atom. The van der Waals surface area contributed by atoms with Crippen LogP contribution in [-0.2, 0) is 0 Å². The Morgan fingerprint density at radius 2 is 2.57 bits per heavy atom. The second-order valence-electron chi connectivity index (χ2n) is 1.74. The van der Waals surface area contributed by atoms with Crippen molar-refractivity contribution in [1.29, 1.82) is 0 Å². The van der Waals surface area contributed by atoms with Crippen LogP contribution in [0.15, 0.2) is 5.18 Å². The van der Waals surface area contributed by atoms with Gasteiger partial charge in [0, 0.05) is 0 Å². The Bertz CT molecular complexity index is 103. The Balaban J connectivity index is 2.17. The summed E-state index contributed by atoms with van der Waals surface area (Å²) >= 11 is 0. The number of hydrogen-bond acceptors (Lipinski definition) is 2. The second kappa shape index (κ2) is 2.15. The van der Waals surface area contributed by atoms with Gasteiger partial charge in [-0.3, -0.25) is 0 Å². The van der Waals surface area contributed by atoms with Crippen molar-refractivity contribution in [1.82, 2.24) is 0 Å². The predicted octanol–water partition coefficient (Wildman–Crippen LogP) is 0.297. The average Bonchev–Trinajstić information content (AvgIpc) is 1.55. The molecule has 7 heavy (non-hydrogen) atoms. The zero-order valence-corrected chi connectivity index (χ0v) is 4.00. The first kappa shape index (κ1) is 4.88. The van der Waals surface area contributed by atoms with Gasteiger partial charge in [0.25, 0.3) is 0 Å². The molecule has 0 radical (unpaired) electrons. The number of nitroso groups, excluding NO2 is 1. The van der Waals surface area contributed by atoms with Crippen LogP contribution in [0.3, 0.4) is 0 Å². The summed E-state index contributed by atoms with van der Waals surface area (Å²) in [4.78, 5) is 9.52. The predicted molar refractivity (Wildman–Crippen MR) is 30.7 cm³/mol. The van der Waals surface area contributed by atoms with Crippen molar-refractivity contribution in [3.63, 3.8) is 0 Å². The molecule has 0 saturated heterocycles. The van der Waals surface area contributed by atoms with E-state index in [1.54, 1.807) is 0 Å². The fourth-order valence-electron chi connectivity index (χ4n) is 0.560. The summed E-state index contributed by atoms with van der Waals surface area (Å²) < 4.78 is 0. The molecule has 1 rings (SSSR count). The van der Waals surface area contributed by atoms with Gasteiger partial charge in [-0.1, -0.05) is 0 Å². The molecule has 1 heterocycles. The van der Waals surface area contributed by atoms with Crippen LogP contribution in [0.4, 0.5) is 0 Å². The van der Waals surface area contributed by atoms with Gasteiger partial charge >= 0.3 is 42.4 Å². The van der Waals surface area contributed by atoms with Gasteiger partial charge in [-0.05, 0) is 0 Å². The van der Waals surface area contributed by atoms with Crippen molar-refractivity contribution in [2.45, 2.75) is 12.1 Å². The molecular formula is C3H5B2NO. The summed E-state index contributed by atoms with van der Waals surface area (Å²) in [6.45, 7) is 4.54. The third-order valence-corrected chi connectivity index (χ3v) is 1.16. The van der Waals surface area contributed by atoms with E-state index in [0.717, 1.165) is 6.32 Å². The summed E-state index contributed by atoms with van der Waals surface area (Å²) in [5, 5.41) is 2.76. The van der Waals surface area contributed by atoms with Crippen LogP contribution in [0.25, 0.3) is 0 Å². The summed E-state index contributed by atoms with van der Waals surface area (Å²) in [6, 6.07) is 0. The van der Waals surface area contributed by atoms with Crippen molar-refractivity contribution >= 4 is 13.6 Å². The minimum absolute atomic E-state index is 0.469. The van der Waals surface area contributed by atoms with E-state index in [1.807, 2.05) is 6.80 Å². The Kier molecular flexibility index (Phi) is 1.50. The Morgan fingerprint density at radius 1 is 1.86 bits per heavy atom. The van der Waals surface area contributed by atoms with E-state index in [1.165, 1.54) is 0 Å². The van der Waals surface area contributed by atoms with Crippen LogP contribution < -0.4 is 0 Å². The zero-order valence-electron chi connectivity index (χ0n) is 4.00. The van der Waals surface area contributed by atoms with Crippen LogP contribution >= 0.6 is 0 Å². The maximum atomic E-state index is 9.52. The molecule has 0 aromatic heterocycles. The van der Waals surface area contributed by atoms with Crippen molar-refractivity contribution in [3.8, 4) is 0 Å². The molecule has 0 aromatic carbocycles. The summed E-state index contributed by atoms with van der Waals surface area (Å²) in [5.41, 5.74) is 0. The number of nitrogens with zero attached hydrogens (tertiary/aromatic N) is 1. The number of rotatable bonds is 2. The second-order valence-corrected chi connectivity index (χ2v) is 1.74. The minimum atomic E-state index is 0.469. The fraction of sp³-hybridized carbons (Fsp3) is 1.00. The molecule has 0 aromatic rings. The van der Waals surface area contributed by atoms with E-state index in [4.69, 9.17) is 0 Å². The molecule has 0 bridgehead atoms. The van der Waals surface area contributed by atoms with Crippen molar-refractivity contribution in [2.75, 3.05) is 6.54 Å². The summed E-state index contributed by atoms with van der Waals surface area (Å²) in [7, 11) is 0. The van der Waals surface area contributed by atoms with E-state index >= 15 is 0 Å². The van der Waals surface area contributed by atoms with Crippen molar-refractivity contribution < 1.29 is 0 Å². The van der Waals surface area contributed by atoms with Gasteiger partial charge in [0.1, 0.15) is 0 Å². The van der Waals surface area contributed by atoms with Gasteiger partial charge in [-0.15, -0.1) is 0 Å². The summed E-state index contributed by atoms with van der Waals surface area (Å²) in [6.07, 6.45) is 1.05. The molecule has 0 saturated carbocycles. The molecule has 1 unspecified atom stereocenters. The first-order valence-corrected chi connectivity index (χ1v) is 2.39. The molecule has 0 amide bonds. The van der Waals surface area contributed by atoms with Gasteiger partial charge in [-0.2, -0.15) is 0 Å². The van der Waals surface area contributed by atoms with E-state index < -0.39 is 0 Å². The van der Waals surface area contributed by atoms with Gasteiger partial charge in [0.2, 0.25) is 0 Å². The Labute approximate surface area is 43.4 Å². The molecule has 4 heteroatoms. The van der Waals surface area contributed by atoms with Gasteiger partial charge in [0.15, 0.2) is 0 Å². The normalized spacial score (nSPS) is 24.3. The third-order valence-electron chi connectivity index (χ3n) is 1.16. The molecule has 0 fully saturated rings. The van der Waals surface area contributed by atoms with Crippen molar-refractivity contribution in [3.05, 3.63) is 4.91 Å². The molecule has 2 nitrogen and oxygen atoms in total. The average molecular weight is 92.7 g/mol. The van der Waals surface area contributed by atoms with Gasteiger partial charge in [-0.25, -0.2) is 0 Å². The fourth-order valence-corrected chi connectivity index (χ4v) is 0.560. The van der Waals surface area contributed by atoms with Crippen molar-refractivity contribution in [2.24, 2.45) is 5.18 Å². The van der Waals surface area contributed by atoms with Crippen LogP contribution in [0.1, 0.15) is 0 Å². The zero-order chi connectivity index (χ0) is 5.11. The molecule has 34 valence electrons. The third kappa shape index (κ3) is 1.05. The quantitative estimate of drug-likeness (QED) is 0.356. The molecular weight excluding hydrogens is 87.7 g/mol. The SMILES string of the molecule is O=NCC1B=BC1. The van der Waals surface area contributed by atoms with Crippen LogP contribution in [0.5, 0.6) is 0 Å². The van der Waals surface area contributed by atoms with E-state index in [-0.39, 0.29) is 0 Å². The standard InChI is InChI=1S/C3H5B2NO/c7-6-2-3-1-4-5-3/h3H,1-2H2. The molecule has 1 aliphatic heterocycles. The monoisotopic (exact) mass is 93.1 g/mol. The molecule has 1 atom stereocenters.